The third-order valence-corrected chi connectivity index (χ3v) is 9.80. The number of carbonyl (C=O) groups excluding carboxylic acids is 1. The maximum atomic E-state index is 13.8. The van der Waals surface area contributed by atoms with Gasteiger partial charge in [-0.2, -0.15) is 14.7 Å². The van der Waals surface area contributed by atoms with Gasteiger partial charge in [-0.15, -0.1) is 0 Å². The molecule has 0 saturated heterocycles. The summed E-state index contributed by atoms with van der Waals surface area (Å²) in [6.45, 7) is 1.46. The molecule has 242 valence electrons. The highest BCUT2D eigenvalue weighted by Crippen LogP contribution is 2.53. The average Bonchev–Trinajstić information content (AvgIpc) is 3.33. The van der Waals surface area contributed by atoms with Crippen molar-refractivity contribution in [1.29, 1.82) is 0 Å². The van der Waals surface area contributed by atoms with Gasteiger partial charge in [0.05, 0.1) is 25.5 Å². The SMILES string of the molecule is COc1ccc(CN(C)c2cc(Nc3cccn(-c4cc5n(n4)CC4(CC4)C5)c3=O)nc3c(C(=O)N[C@@H]4CC[C@H]4OC)cnn23)cc1. The summed E-state index contributed by atoms with van der Waals surface area (Å²) in [5.41, 5.74) is 3.41. The molecule has 4 aromatic heterocycles. The van der Waals surface area contributed by atoms with Crippen molar-refractivity contribution in [2.75, 3.05) is 31.5 Å². The van der Waals surface area contributed by atoms with E-state index in [0.29, 0.717) is 46.3 Å². The molecule has 3 aliphatic rings. The predicted molar refractivity (Wildman–Crippen MR) is 176 cm³/mol. The van der Waals surface area contributed by atoms with Crippen LogP contribution in [0.25, 0.3) is 11.5 Å². The first kappa shape index (κ1) is 29.2. The number of aromatic nitrogens is 6. The van der Waals surface area contributed by atoms with Gasteiger partial charge < -0.3 is 25.0 Å². The highest BCUT2D eigenvalue weighted by molar-refractivity contribution is 6.00. The van der Waals surface area contributed by atoms with Crippen LogP contribution in [0.4, 0.5) is 17.3 Å². The third-order valence-electron chi connectivity index (χ3n) is 9.80. The van der Waals surface area contributed by atoms with Gasteiger partial charge in [0.25, 0.3) is 11.5 Å². The van der Waals surface area contributed by atoms with Crippen molar-refractivity contribution in [1.82, 2.24) is 34.3 Å². The Balaban J connectivity index is 1.13. The number of pyridine rings is 1. The van der Waals surface area contributed by atoms with Crippen LogP contribution < -0.4 is 25.8 Å². The zero-order valence-electron chi connectivity index (χ0n) is 26.6. The molecule has 1 spiro atoms. The molecular weight excluding hydrogens is 598 g/mol. The minimum absolute atomic E-state index is 0.0104. The molecule has 5 heterocycles. The lowest BCUT2D eigenvalue weighted by molar-refractivity contribution is 0.00732. The number of nitrogens with zero attached hydrogens (tertiary/aromatic N) is 7. The van der Waals surface area contributed by atoms with E-state index in [9.17, 15) is 9.59 Å². The summed E-state index contributed by atoms with van der Waals surface area (Å²) in [6.07, 6.45) is 8.51. The Labute approximate surface area is 271 Å². The van der Waals surface area contributed by atoms with Crippen molar-refractivity contribution in [2.24, 2.45) is 5.41 Å². The number of carbonyl (C=O) groups is 1. The molecule has 13 nitrogen and oxygen atoms in total. The Morgan fingerprint density at radius 2 is 1.96 bits per heavy atom. The fourth-order valence-corrected chi connectivity index (χ4v) is 6.71. The number of fused-ring (bicyclic) bond motifs is 2. The number of hydrogen-bond acceptors (Lipinski definition) is 9. The smallest absolute Gasteiger partial charge is 0.280 e. The number of hydrogen-bond donors (Lipinski definition) is 2. The second-order valence-corrected chi connectivity index (χ2v) is 13.0. The van der Waals surface area contributed by atoms with Gasteiger partial charge >= 0.3 is 0 Å². The Morgan fingerprint density at radius 3 is 2.66 bits per heavy atom. The van der Waals surface area contributed by atoms with E-state index in [1.54, 1.807) is 35.6 Å². The summed E-state index contributed by atoms with van der Waals surface area (Å²) in [7, 11) is 5.24. The minimum Gasteiger partial charge on any atom is -0.497 e. The lowest BCUT2D eigenvalue weighted by Crippen LogP contribution is -2.51. The number of ether oxygens (including phenoxy) is 2. The van der Waals surface area contributed by atoms with Gasteiger partial charge in [0.15, 0.2) is 11.5 Å². The summed E-state index contributed by atoms with van der Waals surface area (Å²) in [4.78, 5) is 34.1. The van der Waals surface area contributed by atoms with Crippen molar-refractivity contribution in [3.05, 3.63) is 88.1 Å². The first-order chi connectivity index (χ1) is 22.8. The van der Waals surface area contributed by atoms with Gasteiger partial charge in [-0.1, -0.05) is 12.1 Å². The molecule has 0 unspecified atom stereocenters. The van der Waals surface area contributed by atoms with E-state index < -0.39 is 0 Å². The van der Waals surface area contributed by atoms with E-state index in [1.807, 2.05) is 59.1 Å². The summed E-state index contributed by atoms with van der Waals surface area (Å²) in [5, 5.41) is 15.7. The molecule has 8 rings (SSSR count). The molecule has 2 N–H and O–H groups in total. The van der Waals surface area contributed by atoms with Crippen molar-refractivity contribution < 1.29 is 14.3 Å². The van der Waals surface area contributed by atoms with Crippen LogP contribution in [0, 0.1) is 5.41 Å². The molecule has 2 atom stereocenters. The van der Waals surface area contributed by atoms with Crippen LogP contribution in [0.5, 0.6) is 5.75 Å². The molecular formula is C34H37N9O4. The molecule has 0 radical (unpaired) electrons. The first-order valence-corrected chi connectivity index (χ1v) is 16.0. The Hall–Kier alpha value is -5.17. The lowest BCUT2D eigenvalue weighted by atomic mass is 9.89. The van der Waals surface area contributed by atoms with E-state index in [4.69, 9.17) is 19.6 Å². The molecule has 5 aromatic rings. The Bertz CT molecular complexity index is 2020. The summed E-state index contributed by atoms with van der Waals surface area (Å²) >= 11 is 0. The van der Waals surface area contributed by atoms with Crippen LogP contribution in [0.3, 0.4) is 0 Å². The maximum Gasteiger partial charge on any atom is 0.280 e. The monoisotopic (exact) mass is 635 g/mol. The largest absolute Gasteiger partial charge is 0.497 e. The van der Waals surface area contributed by atoms with Gasteiger partial charge in [-0.25, -0.2) is 4.98 Å². The first-order valence-electron chi connectivity index (χ1n) is 16.0. The van der Waals surface area contributed by atoms with Gasteiger partial charge in [-0.3, -0.25) is 18.8 Å². The van der Waals surface area contributed by atoms with Crippen molar-refractivity contribution in [2.45, 2.75) is 57.3 Å². The lowest BCUT2D eigenvalue weighted by Gasteiger charge is -2.35. The van der Waals surface area contributed by atoms with E-state index >= 15 is 0 Å². The molecule has 1 aromatic carbocycles. The second kappa shape index (κ2) is 11.3. The van der Waals surface area contributed by atoms with Crippen LogP contribution in [-0.4, -0.2) is 68.3 Å². The predicted octanol–water partition coefficient (Wildman–Crippen LogP) is 3.71. The number of methoxy groups -OCH3 is 2. The van der Waals surface area contributed by atoms with Crippen molar-refractivity contribution in [3.8, 4) is 11.6 Å². The van der Waals surface area contributed by atoms with Crippen molar-refractivity contribution >= 4 is 28.9 Å². The number of rotatable bonds is 10. The molecule has 1 aliphatic heterocycles. The van der Waals surface area contributed by atoms with E-state index in [2.05, 4.69) is 15.7 Å². The van der Waals surface area contributed by atoms with Crippen LogP contribution in [0.15, 0.2) is 65.7 Å². The average molecular weight is 636 g/mol. The third kappa shape index (κ3) is 5.29. The molecule has 2 fully saturated rings. The number of amides is 1. The molecule has 2 aliphatic carbocycles. The molecule has 47 heavy (non-hydrogen) atoms. The van der Waals surface area contributed by atoms with E-state index in [1.165, 1.54) is 24.7 Å². The van der Waals surface area contributed by atoms with Gasteiger partial charge in [0.1, 0.15) is 28.6 Å². The molecule has 2 saturated carbocycles. The zero-order valence-corrected chi connectivity index (χ0v) is 26.6. The highest BCUT2D eigenvalue weighted by atomic mass is 16.5. The summed E-state index contributed by atoms with van der Waals surface area (Å²) in [5.74, 6) is 2.19. The van der Waals surface area contributed by atoms with Gasteiger partial charge in [0, 0.05) is 51.3 Å². The number of anilines is 3. The van der Waals surface area contributed by atoms with Crippen LogP contribution in [-0.2, 0) is 24.2 Å². The quantitative estimate of drug-likeness (QED) is 0.236. The minimum atomic E-state index is -0.275. The molecule has 1 amide bonds. The Morgan fingerprint density at radius 1 is 1.13 bits per heavy atom. The molecule has 13 heteroatoms. The van der Waals surface area contributed by atoms with Crippen LogP contribution in [0.1, 0.15) is 47.3 Å². The number of benzene rings is 1. The maximum absolute atomic E-state index is 13.8. The fourth-order valence-electron chi connectivity index (χ4n) is 6.71. The summed E-state index contributed by atoms with van der Waals surface area (Å²) < 4.78 is 16.1. The van der Waals surface area contributed by atoms with Crippen molar-refractivity contribution in [3.63, 3.8) is 0 Å². The fraction of sp³-hybridized carbons (Fsp3) is 0.382. The highest BCUT2D eigenvalue weighted by Gasteiger charge is 2.48. The van der Waals surface area contributed by atoms with E-state index in [-0.39, 0.29) is 23.6 Å². The van der Waals surface area contributed by atoms with Crippen LogP contribution in [0.2, 0.25) is 0 Å². The zero-order chi connectivity index (χ0) is 32.3. The van der Waals surface area contributed by atoms with Gasteiger partial charge in [0.2, 0.25) is 0 Å². The Kier molecular flexibility index (Phi) is 7.01. The normalized spacial score (nSPS) is 19.0. The van der Waals surface area contributed by atoms with Crippen LogP contribution >= 0.6 is 0 Å². The number of nitrogens with one attached hydrogen (secondary N) is 2. The van der Waals surface area contributed by atoms with Gasteiger partial charge in [-0.05, 0) is 67.3 Å². The second-order valence-electron chi connectivity index (χ2n) is 13.0. The standard InChI is InChI=1S/C34H37N9O4/c1-40(19-21-6-8-23(46-2)9-7-21)30-16-28(38-31-24(18-35-43(30)31)32(44)37-25-10-11-27(25)47-3)36-26-5-4-14-41(33(26)45)29-15-22-17-34(12-13-34)20-42(22)39-29/h4-9,14-16,18,25,27H,10-13,17,19-20H2,1-3H3,(H,36,38)(H,37,44)/t25-,27-/m1/s1. The summed E-state index contributed by atoms with van der Waals surface area (Å²) in [6, 6.07) is 15.2. The molecule has 0 bridgehead atoms. The van der Waals surface area contributed by atoms with E-state index in [0.717, 1.165) is 37.1 Å². The topological polar surface area (TPSA) is 133 Å².